The highest BCUT2D eigenvalue weighted by atomic mass is 16.5. The Morgan fingerprint density at radius 1 is 1.16 bits per heavy atom. The topological polar surface area (TPSA) is 48.6 Å². The first-order valence-electron chi connectivity index (χ1n) is 9.48. The Morgan fingerprint density at radius 2 is 2.00 bits per heavy atom. The summed E-state index contributed by atoms with van der Waals surface area (Å²) in [5, 5.41) is 1.01. The molecule has 0 radical (unpaired) electrons. The van der Waals surface area contributed by atoms with Gasteiger partial charge in [0.25, 0.3) is 5.91 Å². The molecule has 2 aromatic rings. The molecule has 25 heavy (non-hydrogen) atoms. The number of nitrogens with one attached hydrogen (secondary N) is 1. The van der Waals surface area contributed by atoms with Gasteiger partial charge in [0.2, 0.25) is 0 Å². The maximum absolute atomic E-state index is 12.9. The quantitative estimate of drug-likeness (QED) is 0.915. The first-order valence-corrected chi connectivity index (χ1v) is 9.48. The number of nitrogens with zero attached hydrogens (tertiary/aromatic N) is 2. The smallest absolute Gasteiger partial charge is 0.254 e. The van der Waals surface area contributed by atoms with Crippen LogP contribution in [0.5, 0.6) is 0 Å². The summed E-state index contributed by atoms with van der Waals surface area (Å²) in [5.41, 5.74) is 1.71. The fourth-order valence-corrected chi connectivity index (χ4v) is 4.79. The number of aromatic nitrogens is 1. The number of hydrogen-bond acceptors (Lipinski definition) is 3. The van der Waals surface area contributed by atoms with E-state index >= 15 is 0 Å². The molecule has 1 aromatic heterocycles. The molecule has 3 saturated heterocycles. The van der Waals surface area contributed by atoms with Gasteiger partial charge in [-0.15, -0.1) is 0 Å². The summed E-state index contributed by atoms with van der Waals surface area (Å²) < 4.78 is 6.19. The lowest BCUT2D eigenvalue weighted by atomic mass is 9.88. The van der Waals surface area contributed by atoms with E-state index in [1.54, 1.807) is 0 Å². The molecule has 5 rings (SSSR count). The van der Waals surface area contributed by atoms with E-state index in [2.05, 4.69) is 9.88 Å². The molecule has 132 valence electrons. The maximum atomic E-state index is 12.9. The van der Waals surface area contributed by atoms with Crippen molar-refractivity contribution in [2.45, 2.75) is 37.3 Å². The fourth-order valence-electron chi connectivity index (χ4n) is 4.79. The number of benzene rings is 1. The van der Waals surface area contributed by atoms with Gasteiger partial charge < -0.3 is 14.6 Å². The average Bonchev–Trinajstić information content (AvgIpc) is 3.27. The second-order valence-electron chi connectivity index (χ2n) is 7.85. The molecule has 5 nitrogen and oxygen atoms in total. The Bertz CT molecular complexity index is 787. The van der Waals surface area contributed by atoms with Gasteiger partial charge in [-0.3, -0.25) is 9.69 Å². The van der Waals surface area contributed by atoms with Crippen molar-refractivity contribution >= 4 is 16.8 Å². The van der Waals surface area contributed by atoms with Crippen LogP contribution in [0, 0.1) is 0 Å². The van der Waals surface area contributed by atoms with Crippen molar-refractivity contribution in [3.8, 4) is 0 Å². The normalized spacial score (nSPS) is 26.2. The minimum absolute atomic E-state index is 0.0934. The number of piperidine rings is 1. The number of hydrogen-bond donors (Lipinski definition) is 1. The zero-order valence-electron chi connectivity index (χ0n) is 14.5. The summed E-state index contributed by atoms with van der Waals surface area (Å²) in [7, 11) is 0. The summed E-state index contributed by atoms with van der Waals surface area (Å²) in [4.78, 5) is 20.6. The number of carbonyl (C=O) groups is 1. The van der Waals surface area contributed by atoms with Gasteiger partial charge in [0, 0.05) is 28.7 Å². The number of likely N-dealkylation sites (tertiary alicyclic amines) is 2. The Morgan fingerprint density at radius 3 is 2.84 bits per heavy atom. The molecule has 3 aliphatic rings. The molecule has 1 aromatic carbocycles. The molecule has 1 spiro atoms. The molecular formula is C20H25N3O2. The Balaban J connectivity index is 1.26. The summed E-state index contributed by atoms with van der Waals surface area (Å²) in [6.45, 7) is 4.72. The number of rotatable bonds is 2. The number of amides is 1. The van der Waals surface area contributed by atoms with E-state index in [0.29, 0.717) is 6.04 Å². The van der Waals surface area contributed by atoms with Crippen LogP contribution in [0.1, 0.15) is 36.0 Å². The molecular weight excluding hydrogens is 314 g/mol. The largest absolute Gasteiger partial charge is 0.370 e. The third kappa shape index (κ3) is 2.57. The van der Waals surface area contributed by atoms with Crippen LogP contribution in [-0.4, -0.2) is 65.1 Å². The van der Waals surface area contributed by atoms with Crippen LogP contribution in [-0.2, 0) is 4.74 Å². The van der Waals surface area contributed by atoms with Crippen LogP contribution in [0.3, 0.4) is 0 Å². The van der Waals surface area contributed by atoms with Crippen molar-refractivity contribution in [3.05, 3.63) is 36.0 Å². The minimum atomic E-state index is -0.0934. The van der Waals surface area contributed by atoms with Gasteiger partial charge in [-0.05, 0) is 50.6 Å². The molecule has 0 aliphatic carbocycles. The first kappa shape index (κ1) is 15.4. The predicted molar refractivity (Wildman–Crippen MR) is 96.7 cm³/mol. The second-order valence-corrected chi connectivity index (χ2v) is 7.85. The third-order valence-electron chi connectivity index (χ3n) is 6.17. The van der Waals surface area contributed by atoms with Gasteiger partial charge in [0.15, 0.2) is 0 Å². The van der Waals surface area contributed by atoms with Crippen LogP contribution in [0.4, 0.5) is 0 Å². The molecule has 0 saturated carbocycles. The van der Waals surface area contributed by atoms with Crippen LogP contribution < -0.4 is 0 Å². The standard InChI is InChI=1S/C20H25N3O2/c24-19(17-5-4-6-18-16(17)7-8-21-18)23-13-20(14-23)11-15(12-25-20)22-9-2-1-3-10-22/h4-8,15,21H,1-3,9-14H2. The highest BCUT2D eigenvalue weighted by Crippen LogP contribution is 2.38. The zero-order chi connectivity index (χ0) is 16.9. The van der Waals surface area contributed by atoms with Crippen molar-refractivity contribution in [1.29, 1.82) is 0 Å². The van der Waals surface area contributed by atoms with E-state index in [0.717, 1.165) is 42.6 Å². The lowest BCUT2D eigenvalue weighted by Crippen LogP contribution is -2.63. The minimum Gasteiger partial charge on any atom is -0.370 e. The lowest BCUT2D eigenvalue weighted by Gasteiger charge is -2.47. The van der Waals surface area contributed by atoms with Gasteiger partial charge in [-0.2, -0.15) is 0 Å². The van der Waals surface area contributed by atoms with E-state index < -0.39 is 0 Å². The third-order valence-corrected chi connectivity index (χ3v) is 6.17. The molecule has 4 heterocycles. The summed E-state index contributed by atoms with van der Waals surface area (Å²) in [6.07, 6.45) is 6.96. The van der Waals surface area contributed by atoms with E-state index in [4.69, 9.17) is 4.74 Å². The number of fused-ring (bicyclic) bond motifs is 1. The monoisotopic (exact) mass is 339 g/mol. The molecule has 3 fully saturated rings. The maximum Gasteiger partial charge on any atom is 0.254 e. The Kier molecular flexibility index (Phi) is 3.61. The molecule has 1 atom stereocenters. The summed E-state index contributed by atoms with van der Waals surface area (Å²) in [5.74, 6) is 0.126. The number of carbonyl (C=O) groups excluding carboxylic acids is 1. The highest BCUT2D eigenvalue weighted by Gasteiger charge is 2.52. The first-order chi connectivity index (χ1) is 12.2. The zero-order valence-corrected chi connectivity index (χ0v) is 14.5. The van der Waals surface area contributed by atoms with Crippen molar-refractivity contribution in [2.24, 2.45) is 0 Å². The van der Waals surface area contributed by atoms with E-state index in [-0.39, 0.29) is 11.5 Å². The van der Waals surface area contributed by atoms with Gasteiger partial charge in [0.1, 0.15) is 5.60 Å². The van der Waals surface area contributed by atoms with Crippen LogP contribution in [0.15, 0.2) is 30.5 Å². The molecule has 5 heteroatoms. The van der Waals surface area contributed by atoms with Crippen LogP contribution in [0.2, 0.25) is 0 Å². The average molecular weight is 339 g/mol. The van der Waals surface area contributed by atoms with E-state index in [1.165, 1.54) is 32.4 Å². The van der Waals surface area contributed by atoms with E-state index in [1.807, 2.05) is 35.4 Å². The van der Waals surface area contributed by atoms with Crippen molar-refractivity contribution in [1.82, 2.24) is 14.8 Å². The number of aromatic amines is 1. The van der Waals surface area contributed by atoms with E-state index in [9.17, 15) is 4.79 Å². The van der Waals surface area contributed by atoms with Crippen molar-refractivity contribution in [2.75, 3.05) is 32.8 Å². The van der Waals surface area contributed by atoms with Gasteiger partial charge >= 0.3 is 0 Å². The van der Waals surface area contributed by atoms with Crippen molar-refractivity contribution < 1.29 is 9.53 Å². The van der Waals surface area contributed by atoms with Crippen LogP contribution in [0.25, 0.3) is 10.9 Å². The second kappa shape index (κ2) is 5.85. The van der Waals surface area contributed by atoms with Gasteiger partial charge in [-0.25, -0.2) is 0 Å². The lowest BCUT2D eigenvalue weighted by molar-refractivity contribution is -0.0950. The highest BCUT2D eigenvalue weighted by molar-refractivity contribution is 6.06. The predicted octanol–water partition coefficient (Wildman–Crippen LogP) is 2.64. The Labute approximate surface area is 147 Å². The molecule has 1 N–H and O–H groups in total. The summed E-state index contributed by atoms with van der Waals surface area (Å²) in [6, 6.07) is 8.41. The number of ether oxygens (including phenoxy) is 1. The molecule has 1 unspecified atom stereocenters. The van der Waals surface area contributed by atoms with Gasteiger partial charge in [-0.1, -0.05) is 12.5 Å². The van der Waals surface area contributed by atoms with Gasteiger partial charge in [0.05, 0.1) is 19.7 Å². The molecule has 0 bridgehead atoms. The number of H-pyrrole nitrogens is 1. The van der Waals surface area contributed by atoms with Crippen LogP contribution >= 0.6 is 0 Å². The molecule has 1 amide bonds. The summed E-state index contributed by atoms with van der Waals surface area (Å²) >= 11 is 0. The Hall–Kier alpha value is -1.85. The SMILES string of the molecule is O=C(c1cccc2[nH]ccc12)N1CC2(CC(N3CCCCC3)CO2)C1. The fraction of sp³-hybridized carbons (Fsp3) is 0.550. The molecule has 3 aliphatic heterocycles. The van der Waals surface area contributed by atoms with Crippen molar-refractivity contribution in [3.63, 3.8) is 0 Å².